The van der Waals surface area contributed by atoms with Crippen LogP contribution in [0.1, 0.15) is 32.1 Å². The first-order chi connectivity index (χ1) is 5.65. The third-order valence-electron chi connectivity index (χ3n) is 3.69. The zero-order valence-corrected chi connectivity index (χ0v) is 6.99. The number of aliphatic hydroxyl groups excluding tert-OH is 1. The van der Waals surface area contributed by atoms with E-state index in [9.17, 15) is 9.90 Å². The van der Waals surface area contributed by atoms with Gasteiger partial charge in [-0.25, -0.2) is 0 Å². The molecule has 2 fully saturated rings. The molecule has 2 atom stereocenters. The topological polar surface area (TPSA) is 57.5 Å². The standard InChI is InChI=1S/C9H14O3/c10-7-4-6(5-8(11)12)9(7)2-1-3-9/h6-7,10H,1-5H2,(H,11,12). The molecule has 0 amide bonds. The number of hydrogen-bond donors (Lipinski definition) is 2. The van der Waals surface area contributed by atoms with Gasteiger partial charge in [-0.2, -0.15) is 0 Å². The van der Waals surface area contributed by atoms with Crippen molar-refractivity contribution in [1.29, 1.82) is 0 Å². The number of rotatable bonds is 2. The highest BCUT2D eigenvalue weighted by molar-refractivity contribution is 5.67. The van der Waals surface area contributed by atoms with Crippen LogP contribution in [0.5, 0.6) is 0 Å². The first-order valence-corrected chi connectivity index (χ1v) is 4.55. The van der Waals surface area contributed by atoms with Gasteiger partial charge in [-0.05, 0) is 30.6 Å². The maximum atomic E-state index is 10.5. The Morgan fingerprint density at radius 2 is 2.17 bits per heavy atom. The Morgan fingerprint density at radius 1 is 1.50 bits per heavy atom. The second-order valence-electron chi connectivity index (χ2n) is 4.13. The maximum Gasteiger partial charge on any atom is 0.303 e. The van der Waals surface area contributed by atoms with E-state index < -0.39 is 5.97 Å². The average molecular weight is 170 g/mol. The molecule has 2 aliphatic rings. The summed E-state index contributed by atoms with van der Waals surface area (Å²) in [7, 11) is 0. The Morgan fingerprint density at radius 3 is 2.50 bits per heavy atom. The normalized spacial score (nSPS) is 37.1. The fourth-order valence-electron chi connectivity index (χ4n) is 2.67. The molecule has 1 spiro atoms. The molecule has 2 aliphatic carbocycles. The molecule has 0 bridgehead atoms. The number of carboxylic acids is 1. The number of aliphatic carboxylic acids is 1. The van der Waals surface area contributed by atoms with Crippen LogP contribution in [-0.2, 0) is 4.79 Å². The highest BCUT2D eigenvalue weighted by Gasteiger charge is 2.57. The van der Waals surface area contributed by atoms with E-state index in [0.717, 1.165) is 19.3 Å². The van der Waals surface area contributed by atoms with Gasteiger partial charge in [-0.3, -0.25) is 4.79 Å². The second-order valence-corrected chi connectivity index (χ2v) is 4.13. The Balaban J connectivity index is 1.97. The van der Waals surface area contributed by atoms with Crippen LogP contribution in [0.25, 0.3) is 0 Å². The lowest BCUT2D eigenvalue weighted by Gasteiger charge is -2.59. The maximum absolute atomic E-state index is 10.5. The summed E-state index contributed by atoms with van der Waals surface area (Å²) in [5.74, 6) is -0.475. The first-order valence-electron chi connectivity index (χ1n) is 4.55. The van der Waals surface area contributed by atoms with Gasteiger partial charge in [0.1, 0.15) is 0 Å². The average Bonchev–Trinajstić information content (AvgIpc) is 1.81. The lowest BCUT2D eigenvalue weighted by atomic mass is 9.47. The van der Waals surface area contributed by atoms with Crippen LogP contribution in [0.3, 0.4) is 0 Å². The van der Waals surface area contributed by atoms with Gasteiger partial charge in [-0.15, -0.1) is 0 Å². The first kappa shape index (κ1) is 8.05. The molecule has 0 heterocycles. The van der Waals surface area contributed by atoms with Crippen LogP contribution in [0.4, 0.5) is 0 Å². The van der Waals surface area contributed by atoms with E-state index >= 15 is 0 Å². The molecule has 0 saturated heterocycles. The van der Waals surface area contributed by atoms with Crippen LogP contribution in [0, 0.1) is 11.3 Å². The summed E-state index contributed by atoms with van der Waals surface area (Å²) in [6, 6.07) is 0. The molecule has 3 heteroatoms. The smallest absolute Gasteiger partial charge is 0.303 e. The van der Waals surface area contributed by atoms with Crippen molar-refractivity contribution >= 4 is 5.97 Å². The van der Waals surface area contributed by atoms with E-state index in [0.29, 0.717) is 6.42 Å². The molecule has 0 aromatic rings. The summed E-state index contributed by atoms with van der Waals surface area (Å²) in [6.07, 6.45) is 3.96. The van der Waals surface area contributed by atoms with Gasteiger partial charge in [0.05, 0.1) is 6.10 Å². The van der Waals surface area contributed by atoms with Crippen molar-refractivity contribution in [2.45, 2.75) is 38.2 Å². The van der Waals surface area contributed by atoms with Gasteiger partial charge in [0, 0.05) is 6.42 Å². The third-order valence-corrected chi connectivity index (χ3v) is 3.69. The van der Waals surface area contributed by atoms with Crippen molar-refractivity contribution in [3.05, 3.63) is 0 Å². The van der Waals surface area contributed by atoms with Crippen molar-refractivity contribution < 1.29 is 15.0 Å². The van der Waals surface area contributed by atoms with Gasteiger partial charge >= 0.3 is 5.97 Å². The predicted molar refractivity (Wildman–Crippen MR) is 42.7 cm³/mol. The van der Waals surface area contributed by atoms with Crippen molar-refractivity contribution in [2.24, 2.45) is 11.3 Å². The van der Waals surface area contributed by atoms with Crippen molar-refractivity contribution in [1.82, 2.24) is 0 Å². The summed E-state index contributed by atoms with van der Waals surface area (Å²) >= 11 is 0. The summed E-state index contributed by atoms with van der Waals surface area (Å²) in [5, 5.41) is 18.1. The Kier molecular flexibility index (Phi) is 1.65. The summed E-state index contributed by atoms with van der Waals surface area (Å²) in [4.78, 5) is 10.5. The second kappa shape index (κ2) is 2.46. The zero-order chi connectivity index (χ0) is 8.77. The zero-order valence-electron chi connectivity index (χ0n) is 6.99. The van der Waals surface area contributed by atoms with Crippen LogP contribution in [0.15, 0.2) is 0 Å². The molecule has 2 saturated carbocycles. The molecule has 12 heavy (non-hydrogen) atoms. The van der Waals surface area contributed by atoms with Crippen molar-refractivity contribution in [3.63, 3.8) is 0 Å². The molecule has 0 radical (unpaired) electrons. The number of carboxylic acid groups (broad SMARTS) is 1. The predicted octanol–water partition coefficient (Wildman–Crippen LogP) is 1.01. The largest absolute Gasteiger partial charge is 0.481 e. The van der Waals surface area contributed by atoms with E-state index in [-0.39, 0.29) is 23.9 Å². The number of carbonyl (C=O) groups is 1. The third kappa shape index (κ3) is 0.891. The molecule has 0 aromatic carbocycles. The van der Waals surface area contributed by atoms with Crippen LogP contribution in [-0.4, -0.2) is 22.3 Å². The molecule has 0 aromatic heterocycles. The van der Waals surface area contributed by atoms with Gasteiger partial charge in [0.2, 0.25) is 0 Å². The highest BCUT2D eigenvalue weighted by Crippen LogP contribution is 2.60. The van der Waals surface area contributed by atoms with E-state index in [1.54, 1.807) is 0 Å². The molecule has 68 valence electrons. The monoisotopic (exact) mass is 170 g/mol. The summed E-state index contributed by atoms with van der Waals surface area (Å²) in [6.45, 7) is 0. The van der Waals surface area contributed by atoms with Gasteiger partial charge < -0.3 is 10.2 Å². The minimum Gasteiger partial charge on any atom is -0.481 e. The SMILES string of the molecule is O=C(O)CC1CC(O)C12CCC2. The van der Waals surface area contributed by atoms with Gasteiger partial charge in [0.25, 0.3) is 0 Å². The highest BCUT2D eigenvalue weighted by atomic mass is 16.4. The summed E-state index contributed by atoms with van der Waals surface area (Å²) < 4.78 is 0. The lowest BCUT2D eigenvalue weighted by Crippen LogP contribution is -2.57. The Hall–Kier alpha value is -0.570. The molecule has 3 nitrogen and oxygen atoms in total. The molecule has 2 N–H and O–H groups in total. The lowest BCUT2D eigenvalue weighted by molar-refractivity contribution is -0.180. The van der Waals surface area contributed by atoms with E-state index in [1.807, 2.05) is 0 Å². The summed E-state index contributed by atoms with van der Waals surface area (Å²) in [5.41, 5.74) is 0.0262. The quantitative estimate of drug-likeness (QED) is 0.650. The molecule has 2 rings (SSSR count). The Bertz CT molecular complexity index is 208. The van der Waals surface area contributed by atoms with E-state index in [4.69, 9.17) is 5.11 Å². The number of aliphatic hydroxyl groups is 1. The fourth-order valence-corrected chi connectivity index (χ4v) is 2.67. The van der Waals surface area contributed by atoms with Crippen LogP contribution in [0.2, 0.25) is 0 Å². The molecular weight excluding hydrogens is 156 g/mol. The Labute approximate surface area is 71.4 Å². The van der Waals surface area contributed by atoms with Gasteiger partial charge in [0.15, 0.2) is 0 Å². The van der Waals surface area contributed by atoms with Crippen molar-refractivity contribution in [2.75, 3.05) is 0 Å². The van der Waals surface area contributed by atoms with Crippen LogP contribution < -0.4 is 0 Å². The van der Waals surface area contributed by atoms with E-state index in [1.165, 1.54) is 0 Å². The van der Waals surface area contributed by atoms with E-state index in [2.05, 4.69) is 0 Å². The minimum absolute atomic E-state index is 0.0262. The molecule has 2 unspecified atom stereocenters. The van der Waals surface area contributed by atoms with Crippen molar-refractivity contribution in [3.8, 4) is 0 Å². The molecular formula is C9H14O3. The minimum atomic E-state index is -0.724. The van der Waals surface area contributed by atoms with Gasteiger partial charge in [-0.1, -0.05) is 6.42 Å². The molecule has 0 aliphatic heterocycles. The fraction of sp³-hybridized carbons (Fsp3) is 0.889. The van der Waals surface area contributed by atoms with Crippen LogP contribution >= 0.6 is 0 Å². The number of hydrogen-bond acceptors (Lipinski definition) is 2.